The number of benzene rings is 1. The Morgan fingerprint density at radius 2 is 2.15 bits per heavy atom. The fraction of sp³-hybridized carbons (Fsp3) is 0.450. The lowest BCUT2D eigenvalue weighted by Gasteiger charge is -2.25. The predicted octanol–water partition coefficient (Wildman–Crippen LogP) is 2.40. The second-order valence-corrected chi connectivity index (χ2v) is 7.16. The molecule has 1 aromatic carbocycles. The van der Waals surface area contributed by atoms with Gasteiger partial charge in [-0.15, -0.1) is 0 Å². The fourth-order valence-corrected chi connectivity index (χ4v) is 3.39. The Morgan fingerprint density at radius 1 is 1.33 bits per heavy atom. The number of rotatable bonds is 6. The highest BCUT2D eigenvalue weighted by atomic mass is 16.5. The molecule has 2 atom stereocenters. The Labute approximate surface area is 159 Å². The smallest absolute Gasteiger partial charge is 0.247 e. The number of likely N-dealkylation sites (tertiary alicyclic amines) is 1. The van der Waals surface area contributed by atoms with Crippen molar-refractivity contribution in [2.24, 2.45) is 0 Å². The standard InChI is InChI=1S/C20H26N4O3/c1-13-6-4-7-16(10-13)12-24-9-5-8-17(24)20(26)21-15(3)19(25)22-18-11-14(2)27-23-18/h4,6-7,10-11,15,17H,5,8-9,12H2,1-3H3,(H,21,26)(H,22,23,25). The summed E-state index contributed by atoms with van der Waals surface area (Å²) in [6, 6.07) is 9.08. The first kappa shape index (κ1) is 19.1. The summed E-state index contributed by atoms with van der Waals surface area (Å²) in [6.45, 7) is 7.09. The van der Waals surface area contributed by atoms with E-state index in [1.54, 1.807) is 19.9 Å². The van der Waals surface area contributed by atoms with E-state index in [4.69, 9.17) is 4.52 Å². The van der Waals surface area contributed by atoms with Crippen LogP contribution >= 0.6 is 0 Å². The molecule has 0 radical (unpaired) electrons. The van der Waals surface area contributed by atoms with Crippen molar-refractivity contribution >= 4 is 17.6 Å². The second-order valence-electron chi connectivity index (χ2n) is 7.16. The molecule has 7 heteroatoms. The maximum atomic E-state index is 12.7. The Hall–Kier alpha value is -2.67. The Kier molecular flexibility index (Phi) is 5.91. The van der Waals surface area contributed by atoms with Gasteiger partial charge in [0.05, 0.1) is 6.04 Å². The van der Waals surface area contributed by atoms with Crippen LogP contribution in [0.2, 0.25) is 0 Å². The van der Waals surface area contributed by atoms with Crippen LogP contribution in [0.4, 0.5) is 5.82 Å². The number of hydrogen-bond acceptors (Lipinski definition) is 5. The third kappa shape index (κ3) is 4.95. The number of carbonyl (C=O) groups is 2. The summed E-state index contributed by atoms with van der Waals surface area (Å²) in [6.07, 6.45) is 1.77. The van der Waals surface area contributed by atoms with E-state index < -0.39 is 6.04 Å². The van der Waals surface area contributed by atoms with Crippen LogP contribution in [0.25, 0.3) is 0 Å². The van der Waals surface area contributed by atoms with E-state index >= 15 is 0 Å². The third-order valence-electron chi connectivity index (χ3n) is 4.77. The number of aryl methyl sites for hydroxylation is 2. The Balaban J connectivity index is 1.56. The van der Waals surface area contributed by atoms with Gasteiger partial charge in [-0.25, -0.2) is 0 Å². The number of carbonyl (C=O) groups excluding carboxylic acids is 2. The molecule has 144 valence electrons. The molecule has 2 amide bonds. The van der Waals surface area contributed by atoms with Gasteiger partial charge < -0.3 is 15.2 Å². The van der Waals surface area contributed by atoms with E-state index in [0.717, 1.165) is 25.9 Å². The van der Waals surface area contributed by atoms with Gasteiger partial charge in [0.2, 0.25) is 11.8 Å². The quantitative estimate of drug-likeness (QED) is 0.815. The molecule has 2 unspecified atom stereocenters. The molecular weight excluding hydrogens is 344 g/mol. The highest BCUT2D eigenvalue weighted by Crippen LogP contribution is 2.21. The first-order valence-corrected chi connectivity index (χ1v) is 9.26. The summed E-state index contributed by atoms with van der Waals surface area (Å²) in [7, 11) is 0. The summed E-state index contributed by atoms with van der Waals surface area (Å²) >= 11 is 0. The molecule has 2 aromatic rings. The zero-order chi connectivity index (χ0) is 19.4. The van der Waals surface area contributed by atoms with Gasteiger partial charge in [0.15, 0.2) is 5.82 Å². The lowest BCUT2D eigenvalue weighted by Crippen LogP contribution is -2.49. The third-order valence-corrected chi connectivity index (χ3v) is 4.77. The fourth-order valence-electron chi connectivity index (χ4n) is 3.39. The maximum Gasteiger partial charge on any atom is 0.247 e. The SMILES string of the molecule is Cc1cccc(CN2CCCC2C(=O)NC(C)C(=O)Nc2cc(C)on2)c1. The van der Waals surface area contributed by atoms with Gasteiger partial charge >= 0.3 is 0 Å². The molecule has 0 saturated carbocycles. The highest BCUT2D eigenvalue weighted by Gasteiger charge is 2.32. The van der Waals surface area contributed by atoms with Crippen molar-refractivity contribution in [3.63, 3.8) is 0 Å². The molecule has 1 aliphatic heterocycles. The molecular formula is C20H26N4O3. The lowest BCUT2D eigenvalue weighted by molar-refractivity contribution is -0.129. The number of anilines is 1. The second kappa shape index (κ2) is 8.35. The van der Waals surface area contributed by atoms with E-state index in [1.807, 2.05) is 6.07 Å². The monoisotopic (exact) mass is 370 g/mol. The number of hydrogen-bond donors (Lipinski definition) is 2. The van der Waals surface area contributed by atoms with Crippen molar-refractivity contribution in [3.05, 3.63) is 47.2 Å². The van der Waals surface area contributed by atoms with Crippen LogP contribution in [0.1, 0.15) is 36.7 Å². The topological polar surface area (TPSA) is 87.5 Å². The average Bonchev–Trinajstić information content (AvgIpc) is 3.23. The van der Waals surface area contributed by atoms with Crippen LogP contribution in [0, 0.1) is 13.8 Å². The number of nitrogens with one attached hydrogen (secondary N) is 2. The Bertz CT molecular complexity index is 817. The van der Waals surface area contributed by atoms with Crippen LogP contribution in [-0.2, 0) is 16.1 Å². The zero-order valence-corrected chi connectivity index (χ0v) is 16.0. The van der Waals surface area contributed by atoms with Gasteiger partial charge in [-0.2, -0.15) is 0 Å². The number of nitrogens with zero attached hydrogens (tertiary/aromatic N) is 2. The van der Waals surface area contributed by atoms with Crippen molar-refractivity contribution in [1.82, 2.24) is 15.4 Å². The van der Waals surface area contributed by atoms with E-state index in [2.05, 4.69) is 45.8 Å². The average molecular weight is 370 g/mol. The molecule has 1 saturated heterocycles. The van der Waals surface area contributed by atoms with E-state index in [1.165, 1.54) is 11.1 Å². The van der Waals surface area contributed by atoms with Gasteiger partial charge in [-0.1, -0.05) is 35.0 Å². The Morgan fingerprint density at radius 3 is 2.85 bits per heavy atom. The number of aromatic nitrogens is 1. The van der Waals surface area contributed by atoms with Crippen LogP contribution < -0.4 is 10.6 Å². The minimum Gasteiger partial charge on any atom is -0.360 e. The molecule has 1 aliphatic rings. The van der Waals surface area contributed by atoms with Crippen molar-refractivity contribution in [2.75, 3.05) is 11.9 Å². The van der Waals surface area contributed by atoms with Crippen LogP contribution in [-0.4, -0.2) is 40.5 Å². The molecule has 2 N–H and O–H groups in total. The normalized spacial score (nSPS) is 18.3. The van der Waals surface area contributed by atoms with Gasteiger partial charge in [0.1, 0.15) is 11.8 Å². The summed E-state index contributed by atoms with van der Waals surface area (Å²) in [5, 5.41) is 9.20. The lowest BCUT2D eigenvalue weighted by atomic mass is 10.1. The van der Waals surface area contributed by atoms with E-state index in [9.17, 15) is 9.59 Å². The highest BCUT2D eigenvalue weighted by molar-refractivity contribution is 5.97. The molecule has 7 nitrogen and oxygen atoms in total. The molecule has 1 fully saturated rings. The minimum atomic E-state index is -0.657. The first-order valence-electron chi connectivity index (χ1n) is 9.26. The van der Waals surface area contributed by atoms with Crippen molar-refractivity contribution in [2.45, 2.75) is 52.2 Å². The summed E-state index contributed by atoms with van der Waals surface area (Å²) in [4.78, 5) is 27.2. The molecule has 2 heterocycles. The van der Waals surface area contributed by atoms with Gasteiger partial charge in [-0.3, -0.25) is 14.5 Å². The largest absolute Gasteiger partial charge is 0.360 e. The summed E-state index contributed by atoms with van der Waals surface area (Å²) in [5.41, 5.74) is 2.41. The van der Waals surface area contributed by atoms with Crippen molar-refractivity contribution in [1.29, 1.82) is 0 Å². The molecule has 27 heavy (non-hydrogen) atoms. The molecule has 0 aliphatic carbocycles. The summed E-state index contributed by atoms with van der Waals surface area (Å²) in [5.74, 6) is 0.527. The molecule has 3 rings (SSSR count). The number of amides is 2. The van der Waals surface area contributed by atoms with Crippen molar-refractivity contribution in [3.8, 4) is 0 Å². The van der Waals surface area contributed by atoms with Crippen molar-refractivity contribution < 1.29 is 14.1 Å². The molecule has 0 spiro atoms. The minimum absolute atomic E-state index is 0.112. The first-order chi connectivity index (χ1) is 12.9. The van der Waals surface area contributed by atoms with Gasteiger partial charge in [0.25, 0.3) is 0 Å². The zero-order valence-electron chi connectivity index (χ0n) is 16.0. The van der Waals surface area contributed by atoms with E-state index in [0.29, 0.717) is 11.6 Å². The van der Waals surface area contributed by atoms with E-state index in [-0.39, 0.29) is 17.9 Å². The van der Waals surface area contributed by atoms with Gasteiger partial charge in [0, 0.05) is 12.6 Å². The molecule has 1 aromatic heterocycles. The molecule has 0 bridgehead atoms. The van der Waals surface area contributed by atoms with Crippen LogP contribution in [0.3, 0.4) is 0 Å². The summed E-state index contributed by atoms with van der Waals surface area (Å²) < 4.78 is 4.93. The van der Waals surface area contributed by atoms with Gasteiger partial charge in [-0.05, 0) is 45.7 Å². The predicted molar refractivity (Wildman–Crippen MR) is 102 cm³/mol. The van der Waals surface area contributed by atoms with Crippen LogP contribution in [0.5, 0.6) is 0 Å². The van der Waals surface area contributed by atoms with Crippen LogP contribution in [0.15, 0.2) is 34.9 Å². The maximum absolute atomic E-state index is 12.7.